The van der Waals surface area contributed by atoms with Gasteiger partial charge in [0, 0.05) is 6.20 Å². The highest BCUT2D eigenvalue weighted by Gasteiger charge is 2.15. The zero-order valence-electron chi connectivity index (χ0n) is 10.7. The molecule has 0 aliphatic rings. The van der Waals surface area contributed by atoms with Gasteiger partial charge in [0.05, 0.1) is 5.02 Å². The zero-order chi connectivity index (χ0) is 14.8. The standard InChI is InChI=1S/C15H9ClN2O3/c16-11-5-1-2-6-12(11)21-14-10(9-19)15(20)18-8-4-3-7-13(18)17-14/h1-9H. The van der Waals surface area contributed by atoms with Crippen molar-refractivity contribution < 1.29 is 9.53 Å². The number of fused-ring (bicyclic) bond motifs is 1. The molecule has 2 heterocycles. The smallest absolute Gasteiger partial charge is 0.272 e. The summed E-state index contributed by atoms with van der Waals surface area (Å²) in [7, 11) is 0. The summed E-state index contributed by atoms with van der Waals surface area (Å²) in [5.41, 5.74) is -0.258. The molecule has 0 atom stereocenters. The maximum atomic E-state index is 12.2. The molecule has 0 aliphatic heterocycles. The normalized spacial score (nSPS) is 10.5. The molecule has 0 bridgehead atoms. The molecule has 0 radical (unpaired) electrons. The lowest BCUT2D eigenvalue weighted by molar-refractivity contribution is 0.111. The van der Waals surface area contributed by atoms with Crippen LogP contribution < -0.4 is 10.3 Å². The van der Waals surface area contributed by atoms with Gasteiger partial charge < -0.3 is 4.74 Å². The van der Waals surface area contributed by atoms with Crippen molar-refractivity contribution in [1.29, 1.82) is 0 Å². The van der Waals surface area contributed by atoms with Crippen LogP contribution in [-0.2, 0) is 0 Å². The number of halogens is 1. The van der Waals surface area contributed by atoms with Gasteiger partial charge in [0.1, 0.15) is 17.0 Å². The molecule has 0 spiro atoms. The molecule has 21 heavy (non-hydrogen) atoms. The van der Waals surface area contributed by atoms with E-state index in [-0.39, 0.29) is 11.4 Å². The molecule has 0 unspecified atom stereocenters. The molecule has 0 saturated carbocycles. The Bertz CT molecular complexity index is 889. The zero-order valence-corrected chi connectivity index (χ0v) is 11.4. The van der Waals surface area contributed by atoms with E-state index in [1.165, 1.54) is 10.6 Å². The maximum Gasteiger partial charge on any atom is 0.272 e. The summed E-state index contributed by atoms with van der Waals surface area (Å²) in [6.07, 6.45) is 1.97. The molecule has 5 nitrogen and oxygen atoms in total. The van der Waals surface area contributed by atoms with Crippen molar-refractivity contribution in [2.75, 3.05) is 0 Å². The lowest BCUT2D eigenvalue weighted by atomic mass is 10.3. The Balaban J connectivity index is 2.20. The molecule has 0 aliphatic carbocycles. The number of rotatable bonds is 3. The molecule has 2 aromatic heterocycles. The van der Waals surface area contributed by atoms with Gasteiger partial charge in [0.15, 0.2) is 6.29 Å². The maximum absolute atomic E-state index is 12.2. The van der Waals surface area contributed by atoms with Crippen molar-refractivity contribution in [3.8, 4) is 11.6 Å². The molecule has 0 saturated heterocycles. The van der Waals surface area contributed by atoms with Crippen molar-refractivity contribution in [3.05, 3.63) is 69.6 Å². The van der Waals surface area contributed by atoms with Crippen molar-refractivity contribution in [2.24, 2.45) is 0 Å². The lowest BCUT2D eigenvalue weighted by Crippen LogP contribution is -2.20. The summed E-state index contributed by atoms with van der Waals surface area (Å²) in [5.74, 6) is 0.267. The third-order valence-corrected chi connectivity index (χ3v) is 3.21. The first-order valence-electron chi connectivity index (χ1n) is 6.09. The van der Waals surface area contributed by atoms with Crippen LogP contribution in [0, 0.1) is 0 Å². The van der Waals surface area contributed by atoms with Crippen molar-refractivity contribution in [2.45, 2.75) is 0 Å². The van der Waals surface area contributed by atoms with Crippen LogP contribution in [0.1, 0.15) is 10.4 Å². The largest absolute Gasteiger partial charge is 0.436 e. The van der Waals surface area contributed by atoms with Crippen LogP contribution in [0.5, 0.6) is 11.6 Å². The first-order chi connectivity index (χ1) is 10.2. The summed E-state index contributed by atoms with van der Waals surface area (Å²) in [6.45, 7) is 0. The second-order valence-corrected chi connectivity index (χ2v) is 4.62. The number of nitrogens with zero attached hydrogens (tertiary/aromatic N) is 2. The van der Waals surface area contributed by atoms with Crippen LogP contribution >= 0.6 is 11.6 Å². The number of para-hydroxylation sites is 1. The van der Waals surface area contributed by atoms with E-state index in [9.17, 15) is 9.59 Å². The van der Waals surface area contributed by atoms with E-state index >= 15 is 0 Å². The Hall–Kier alpha value is -2.66. The molecule has 6 heteroatoms. The number of hydrogen-bond donors (Lipinski definition) is 0. The summed E-state index contributed by atoms with van der Waals surface area (Å²) in [5, 5.41) is 0.365. The predicted octanol–water partition coefficient (Wildman–Crippen LogP) is 2.95. The van der Waals surface area contributed by atoms with Crippen LogP contribution in [0.4, 0.5) is 0 Å². The van der Waals surface area contributed by atoms with E-state index in [1.807, 2.05) is 0 Å². The quantitative estimate of drug-likeness (QED) is 0.698. The highest BCUT2D eigenvalue weighted by molar-refractivity contribution is 6.32. The monoisotopic (exact) mass is 300 g/mol. The van der Waals surface area contributed by atoms with E-state index in [0.29, 0.717) is 22.7 Å². The molecule has 0 N–H and O–H groups in total. The molecular formula is C15H9ClN2O3. The number of pyridine rings is 1. The Morgan fingerprint density at radius 3 is 2.67 bits per heavy atom. The minimum absolute atomic E-state index is 0.0608. The van der Waals surface area contributed by atoms with Crippen LogP contribution in [0.2, 0.25) is 5.02 Å². The number of carbonyl (C=O) groups excluding carboxylic acids is 1. The Morgan fingerprint density at radius 1 is 1.14 bits per heavy atom. The molecule has 3 aromatic rings. The number of ether oxygens (including phenoxy) is 1. The fourth-order valence-corrected chi connectivity index (χ4v) is 2.07. The van der Waals surface area contributed by atoms with Gasteiger partial charge in [0.25, 0.3) is 5.56 Å². The SMILES string of the molecule is O=Cc1c(Oc2ccccc2Cl)nc2ccccn2c1=O. The number of aldehydes is 1. The molecule has 3 rings (SSSR count). The van der Waals surface area contributed by atoms with Gasteiger partial charge in [-0.25, -0.2) is 0 Å². The van der Waals surface area contributed by atoms with Crippen LogP contribution in [0.15, 0.2) is 53.5 Å². The van der Waals surface area contributed by atoms with Crippen LogP contribution in [-0.4, -0.2) is 15.7 Å². The molecule has 0 fully saturated rings. The average Bonchev–Trinajstić information content (AvgIpc) is 2.50. The highest BCUT2D eigenvalue weighted by atomic mass is 35.5. The number of hydrogen-bond acceptors (Lipinski definition) is 4. The first-order valence-corrected chi connectivity index (χ1v) is 6.47. The van der Waals surface area contributed by atoms with Crippen LogP contribution in [0.25, 0.3) is 5.65 Å². The minimum atomic E-state index is -0.488. The second-order valence-electron chi connectivity index (χ2n) is 4.21. The van der Waals surface area contributed by atoms with Crippen molar-refractivity contribution >= 4 is 23.5 Å². The van der Waals surface area contributed by atoms with Gasteiger partial charge in [-0.2, -0.15) is 4.98 Å². The minimum Gasteiger partial charge on any atom is -0.436 e. The summed E-state index contributed by atoms with van der Waals surface area (Å²) in [4.78, 5) is 27.6. The molecule has 1 aromatic carbocycles. The summed E-state index contributed by atoms with van der Waals surface area (Å²) < 4.78 is 6.81. The van der Waals surface area contributed by atoms with Crippen LogP contribution in [0.3, 0.4) is 0 Å². The third-order valence-electron chi connectivity index (χ3n) is 2.90. The lowest BCUT2D eigenvalue weighted by Gasteiger charge is -2.09. The van der Waals surface area contributed by atoms with Crippen molar-refractivity contribution in [1.82, 2.24) is 9.38 Å². The van der Waals surface area contributed by atoms with Gasteiger partial charge in [-0.05, 0) is 24.3 Å². The van der Waals surface area contributed by atoms with E-state index in [0.717, 1.165) is 0 Å². The van der Waals surface area contributed by atoms with E-state index in [2.05, 4.69) is 4.98 Å². The second kappa shape index (κ2) is 5.38. The molecule has 104 valence electrons. The van der Waals surface area contributed by atoms with Gasteiger partial charge in [-0.15, -0.1) is 0 Å². The summed E-state index contributed by atoms with van der Waals surface area (Å²) >= 11 is 6.00. The van der Waals surface area contributed by atoms with Crippen molar-refractivity contribution in [3.63, 3.8) is 0 Å². The highest BCUT2D eigenvalue weighted by Crippen LogP contribution is 2.28. The Morgan fingerprint density at radius 2 is 1.90 bits per heavy atom. The van der Waals surface area contributed by atoms with Gasteiger partial charge in [0.2, 0.25) is 5.88 Å². The van der Waals surface area contributed by atoms with Gasteiger partial charge in [-0.1, -0.05) is 29.8 Å². The predicted molar refractivity (Wildman–Crippen MR) is 78.4 cm³/mol. The van der Waals surface area contributed by atoms with Gasteiger partial charge in [-0.3, -0.25) is 14.0 Å². The van der Waals surface area contributed by atoms with E-state index in [1.54, 1.807) is 42.5 Å². The number of benzene rings is 1. The molecule has 0 amide bonds. The fourth-order valence-electron chi connectivity index (χ4n) is 1.89. The van der Waals surface area contributed by atoms with E-state index in [4.69, 9.17) is 16.3 Å². The molecular weight excluding hydrogens is 292 g/mol. The topological polar surface area (TPSA) is 60.7 Å². The number of aromatic nitrogens is 2. The third kappa shape index (κ3) is 2.39. The van der Waals surface area contributed by atoms with E-state index < -0.39 is 5.56 Å². The first kappa shape index (κ1) is 13.3. The average molecular weight is 301 g/mol. The fraction of sp³-hybridized carbons (Fsp3) is 0. The Labute approximate surface area is 124 Å². The Kier molecular flexibility index (Phi) is 3.41. The number of carbonyl (C=O) groups is 1. The van der Waals surface area contributed by atoms with Gasteiger partial charge >= 0.3 is 0 Å². The summed E-state index contributed by atoms with van der Waals surface area (Å²) in [6, 6.07) is 11.8.